The molecule has 2 aromatic heterocycles. The molecule has 92 valence electrons. The van der Waals surface area contributed by atoms with Crippen LogP contribution in [0.2, 0.25) is 0 Å². The smallest absolute Gasteiger partial charge is 0.248 e. The number of rotatable bonds is 7. The molecule has 0 spiro atoms. The van der Waals surface area contributed by atoms with E-state index in [1.807, 2.05) is 16.8 Å². The standard InChI is InChI=1S/C12H17N3OS/c1-2-6-13-7-3-4-11-14-15-12(16-11)10-5-8-17-9-10/h5,8-9,13H,2-4,6-7H2,1H3. The molecule has 17 heavy (non-hydrogen) atoms. The van der Waals surface area contributed by atoms with Crippen LogP contribution in [-0.4, -0.2) is 23.3 Å². The van der Waals surface area contributed by atoms with Crippen LogP contribution in [0.1, 0.15) is 25.7 Å². The number of hydrogen-bond donors (Lipinski definition) is 1. The summed E-state index contributed by atoms with van der Waals surface area (Å²) in [5.74, 6) is 1.35. The quantitative estimate of drug-likeness (QED) is 0.769. The second-order valence-electron chi connectivity index (χ2n) is 3.87. The molecular formula is C12H17N3OS. The lowest BCUT2D eigenvalue weighted by Gasteiger charge is -1.99. The van der Waals surface area contributed by atoms with Crippen molar-refractivity contribution in [2.24, 2.45) is 0 Å². The fraction of sp³-hybridized carbons (Fsp3) is 0.500. The molecule has 2 rings (SSSR count). The molecule has 0 aromatic carbocycles. The van der Waals surface area contributed by atoms with E-state index in [0.29, 0.717) is 5.89 Å². The molecule has 4 nitrogen and oxygen atoms in total. The van der Waals surface area contributed by atoms with Crippen LogP contribution in [0.3, 0.4) is 0 Å². The van der Waals surface area contributed by atoms with E-state index in [2.05, 4.69) is 22.4 Å². The third-order valence-corrected chi connectivity index (χ3v) is 3.09. The summed E-state index contributed by atoms with van der Waals surface area (Å²) < 4.78 is 5.59. The van der Waals surface area contributed by atoms with Crippen molar-refractivity contribution < 1.29 is 4.42 Å². The van der Waals surface area contributed by atoms with Crippen LogP contribution in [0.5, 0.6) is 0 Å². The first-order chi connectivity index (χ1) is 8.40. The van der Waals surface area contributed by atoms with E-state index < -0.39 is 0 Å². The van der Waals surface area contributed by atoms with Crippen molar-refractivity contribution >= 4 is 11.3 Å². The molecule has 2 heterocycles. The topological polar surface area (TPSA) is 51.0 Å². The fourth-order valence-electron chi connectivity index (χ4n) is 1.52. The van der Waals surface area contributed by atoms with E-state index in [1.54, 1.807) is 11.3 Å². The predicted molar refractivity (Wildman–Crippen MR) is 69.1 cm³/mol. The fourth-order valence-corrected chi connectivity index (χ4v) is 2.15. The number of nitrogens with zero attached hydrogens (tertiary/aromatic N) is 2. The summed E-state index contributed by atoms with van der Waals surface area (Å²) in [5, 5.41) is 15.5. The summed E-state index contributed by atoms with van der Waals surface area (Å²) in [6, 6.07) is 1.99. The minimum atomic E-state index is 0.628. The SMILES string of the molecule is CCCNCCCc1nnc(-c2ccsc2)o1. The maximum absolute atomic E-state index is 5.59. The van der Waals surface area contributed by atoms with E-state index in [-0.39, 0.29) is 0 Å². The van der Waals surface area contributed by atoms with Gasteiger partial charge < -0.3 is 9.73 Å². The minimum absolute atomic E-state index is 0.628. The first kappa shape index (κ1) is 12.3. The van der Waals surface area contributed by atoms with Gasteiger partial charge in [0.1, 0.15) is 0 Å². The summed E-state index contributed by atoms with van der Waals surface area (Å²) in [7, 11) is 0. The summed E-state index contributed by atoms with van der Waals surface area (Å²) in [6.45, 7) is 4.24. The molecular weight excluding hydrogens is 234 g/mol. The molecule has 0 amide bonds. The van der Waals surface area contributed by atoms with Gasteiger partial charge in [0.2, 0.25) is 11.8 Å². The second-order valence-corrected chi connectivity index (χ2v) is 4.65. The Morgan fingerprint density at radius 3 is 3.06 bits per heavy atom. The van der Waals surface area contributed by atoms with Crippen molar-refractivity contribution in [2.45, 2.75) is 26.2 Å². The summed E-state index contributed by atoms with van der Waals surface area (Å²) in [5.41, 5.74) is 1.01. The Balaban J connectivity index is 1.79. The first-order valence-electron chi connectivity index (χ1n) is 5.96. The average molecular weight is 251 g/mol. The van der Waals surface area contributed by atoms with Gasteiger partial charge in [0.05, 0.1) is 0 Å². The van der Waals surface area contributed by atoms with Crippen LogP contribution in [0.4, 0.5) is 0 Å². The highest BCUT2D eigenvalue weighted by atomic mass is 32.1. The van der Waals surface area contributed by atoms with E-state index in [4.69, 9.17) is 4.42 Å². The lowest BCUT2D eigenvalue weighted by Crippen LogP contribution is -2.16. The normalized spacial score (nSPS) is 10.9. The Bertz CT molecular complexity index is 425. The van der Waals surface area contributed by atoms with Gasteiger partial charge in [-0.05, 0) is 37.4 Å². The van der Waals surface area contributed by atoms with Crippen LogP contribution in [0.15, 0.2) is 21.2 Å². The van der Waals surface area contributed by atoms with E-state index >= 15 is 0 Å². The van der Waals surface area contributed by atoms with Crippen molar-refractivity contribution in [1.29, 1.82) is 0 Å². The molecule has 1 N–H and O–H groups in total. The molecule has 0 saturated carbocycles. The molecule has 0 radical (unpaired) electrons. The summed E-state index contributed by atoms with van der Waals surface area (Å²) in [6.07, 6.45) is 3.04. The zero-order valence-corrected chi connectivity index (χ0v) is 10.8. The van der Waals surface area contributed by atoms with E-state index in [9.17, 15) is 0 Å². The number of aryl methyl sites for hydroxylation is 1. The van der Waals surface area contributed by atoms with Crippen LogP contribution in [0, 0.1) is 0 Å². The van der Waals surface area contributed by atoms with Crippen LogP contribution in [0.25, 0.3) is 11.5 Å². The number of nitrogens with one attached hydrogen (secondary N) is 1. The zero-order chi connectivity index (χ0) is 11.9. The van der Waals surface area contributed by atoms with Gasteiger partial charge in [-0.25, -0.2) is 0 Å². The maximum atomic E-state index is 5.59. The molecule has 0 atom stereocenters. The maximum Gasteiger partial charge on any atom is 0.248 e. The molecule has 0 aliphatic carbocycles. The van der Waals surface area contributed by atoms with Crippen molar-refractivity contribution in [1.82, 2.24) is 15.5 Å². The van der Waals surface area contributed by atoms with E-state index in [1.165, 1.54) is 6.42 Å². The largest absolute Gasteiger partial charge is 0.421 e. The van der Waals surface area contributed by atoms with Gasteiger partial charge >= 0.3 is 0 Å². The zero-order valence-electron chi connectivity index (χ0n) is 9.98. The van der Waals surface area contributed by atoms with Crippen LogP contribution < -0.4 is 5.32 Å². The van der Waals surface area contributed by atoms with Gasteiger partial charge in [-0.1, -0.05) is 6.92 Å². The Morgan fingerprint density at radius 2 is 2.29 bits per heavy atom. The lowest BCUT2D eigenvalue weighted by atomic mass is 10.3. The Labute approximate surface area is 105 Å². The van der Waals surface area contributed by atoms with Gasteiger partial charge in [-0.15, -0.1) is 10.2 Å². The molecule has 0 fully saturated rings. The van der Waals surface area contributed by atoms with Crippen molar-refractivity contribution in [3.05, 3.63) is 22.7 Å². The van der Waals surface area contributed by atoms with Gasteiger partial charge in [0.15, 0.2) is 0 Å². The Morgan fingerprint density at radius 1 is 1.35 bits per heavy atom. The molecule has 0 unspecified atom stereocenters. The minimum Gasteiger partial charge on any atom is -0.421 e. The van der Waals surface area contributed by atoms with Crippen molar-refractivity contribution in [2.75, 3.05) is 13.1 Å². The summed E-state index contributed by atoms with van der Waals surface area (Å²) in [4.78, 5) is 0. The molecule has 0 aliphatic heterocycles. The Kier molecular flexibility index (Phi) is 4.70. The number of thiophene rings is 1. The van der Waals surface area contributed by atoms with Crippen molar-refractivity contribution in [3.63, 3.8) is 0 Å². The van der Waals surface area contributed by atoms with Crippen molar-refractivity contribution in [3.8, 4) is 11.5 Å². The molecule has 2 aromatic rings. The van der Waals surface area contributed by atoms with E-state index in [0.717, 1.165) is 37.4 Å². The van der Waals surface area contributed by atoms with Crippen LogP contribution in [-0.2, 0) is 6.42 Å². The third kappa shape index (κ3) is 3.64. The van der Waals surface area contributed by atoms with Gasteiger partial charge in [-0.2, -0.15) is 11.3 Å². The molecule has 0 bridgehead atoms. The monoisotopic (exact) mass is 251 g/mol. The van der Waals surface area contributed by atoms with Gasteiger partial charge in [0.25, 0.3) is 0 Å². The second kappa shape index (κ2) is 6.51. The molecule has 0 aliphatic rings. The number of hydrogen-bond acceptors (Lipinski definition) is 5. The highest BCUT2D eigenvalue weighted by molar-refractivity contribution is 7.08. The van der Waals surface area contributed by atoms with Crippen LogP contribution >= 0.6 is 11.3 Å². The third-order valence-electron chi connectivity index (χ3n) is 2.41. The first-order valence-corrected chi connectivity index (χ1v) is 6.90. The number of aromatic nitrogens is 2. The van der Waals surface area contributed by atoms with Gasteiger partial charge in [0, 0.05) is 17.4 Å². The summed E-state index contributed by atoms with van der Waals surface area (Å²) >= 11 is 1.63. The van der Waals surface area contributed by atoms with Gasteiger partial charge in [-0.3, -0.25) is 0 Å². The lowest BCUT2D eigenvalue weighted by molar-refractivity contribution is 0.491. The highest BCUT2D eigenvalue weighted by Gasteiger charge is 2.07. The molecule has 5 heteroatoms. The Hall–Kier alpha value is -1.20. The molecule has 0 saturated heterocycles. The highest BCUT2D eigenvalue weighted by Crippen LogP contribution is 2.20. The predicted octanol–water partition coefficient (Wildman–Crippen LogP) is 2.73. The average Bonchev–Trinajstić information content (AvgIpc) is 2.99.